The third-order valence-corrected chi connectivity index (χ3v) is 8.63. The number of carbonyl (C=O) groups is 1. The topological polar surface area (TPSA) is 137 Å². The van der Waals surface area contributed by atoms with Gasteiger partial charge in [0.25, 0.3) is 10.0 Å². The van der Waals surface area contributed by atoms with E-state index in [1.807, 2.05) is 26.1 Å². The Balaban J connectivity index is 1.56. The first kappa shape index (κ1) is 23.3. The molecule has 1 fully saturated rings. The van der Waals surface area contributed by atoms with Crippen molar-refractivity contribution >= 4 is 42.5 Å². The largest absolute Gasteiger partial charge is 0.359 e. The molecule has 4 N–H and O–H groups in total. The van der Waals surface area contributed by atoms with Crippen LogP contribution in [0.2, 0.25) is 0 Å². The summed E-state index contributed by atoms with van der Waals surface area (Å²) in [5.41, 5.74) is 3.12. The van der Waals surface area contributed by atoms with Crippen LogP contribution >= 0.6 is 0 Å². The zero-order valence-corrected chi connectivity index (χ0v) is 19.9. The van der Waals surface area contributed by atoms with Gasteiger partial charge in [0.1, 0.15) is 6.04 Å². The number of hydrogen-bond acceptors (Lipinski definition) is 5. The van der Waals surface area contributed by atoms with Gasteiger partial charge in [-0.05, 0) is 74.6 Å². The highest BCUT2D eigenvalue weighted by Crippen LogP contribution is 2.30. The van der Waals surface area contributed by atoms with Crippen molar-refractivity contribution in [2.75, 3.05) is 11.3 Å². The molecule has 0 bridgehead atoms. The molecule has 1 aromatic heterocycles. The number of aromatic nitrogens is 1. The maximum absolute atomic E-state index is 13.0. The van der Waals surface area contributed by atoms with Gasteiger partial charge in [-0.25, -0.2) is 16.8 Å². The summed E-state index contributed by atoms with van der Waals surface area (Å²) in [6, 6.07) is 7.57. The average molecular weight is 491 g/mol. The second-order valence-electron chi connectivity index (χ2n) is 8.19. The number of carbonyl (C=O) groups excluding carboxylic acids is 1. The van der Waals surface area contributed by atoms with Gasteiger partial charge >= 0.3 is 0 Å². The van der Waals surface area contributed by atoms with E-state index >= 15 is 0 Å². The van der Waals surface area contributed by atoms with Crippen molar-refractivity contribution in [1.82, 2.24) is 15.0 Å². The minimum atomic E-state index is -3.99. The van der Waals surface area contributed by atoms with Gasteiger partial charge in [0.05, 0.1) is 21.0 Å². The molecular weight excluding hydrogens is 464 g/mol. The van der Waals surface area contributed by atoms with Crippen LogP contribution in [-0.2, 0) is 24.8 Å². The van der Waals surface area contributed by atoms with Crippen molar-refractivity contribution in [2.45, 2.75) is 48.9 Å². The predicted octanol–water partition coefficient (Wildman–Crippen LogP) is 2.53. The maximum atomic E-state index is 13.0. The Kier molecular flexibility index (Phi) is 6.21. The van der Waals surface area contributed by atoms with Crippen LogP contribution in [0.15, 0.2) is 52.4 Å². The Hall–Kier alpha value is -2.89. The van der Waals surface area contributed by atoms with E-state index in [2.05, 4.69) is 19.7 Å². The van der Waals surface area contributed by atoms with E-state index in [0.29, 0.717) is 24.2 Å². The Morgan fingerprint density at radius 3 is 2.24 bits per heavy atom. The van der Waals surface area contributed by atoms with Crippen LogP contribution in [0.4, 0.5) is 5.69 Å². The van der Waals surface area contributed by atoms with E-state index in [0.717, 1.165) is 29.4 Å². The van der Waals surface area contributed by atoms with Gasteiger partial charge in [0.15, 0.2) is 0 Å². The van der Waals surface area contributed by atoms with Crippen molar-refractivity contribution in [3.63, 3.8) is 0 Å². The quantitative estimate of drug-likeness (QED) is 0.421. The molecule has 0 saturated carbocycles. The number of anilines is 1. The normalized spacial score (nSPS) is 17.5. The molecule has 33 heavy (non-hydrogen) atoms. The van der Waals surface area contributed by atoms with Crippen molar-refractivity contribution in [2.24, 2.45) is 0 Å². The summed E-state index contributed by atoms with van der Waals surface area (Å²) >= 11 is 0. The molecule has 0 spiro atoms. The summed E-state index contributed by atoms with van der Waals surface area (Å²) in [6.45, 7) is 4.41. The van der Waals surface area contributed by atoms with Crippen LogP contribution in [0.1, 0.15) is 30.4 Å². The SMILES string of the molecule is Cc1ccc(NS(=O)(=O)c2ccc(S(=O)(=O)NC3CCCCNC3=O)cc2)c2[nH]cc(C)c12. The van der Waals surface area contributed by atoms with Crippen LogP contribution < -0.4 is 14.8 Å². The number of aryl methyl sites for hydroxylation is 2. The minimum Gasteiger partial charge on any atom is -0.359 e. The molecule has 1 unspecified atom stereocenters. The van der Waals surface area contributed by atoms with Crippen LogP contribution in [0.25, 0.3) is 10.9 Å². The maximum Gasteiger partial charge on any atom is 0.261 e. The summed E-state index contributed by atoms with van der Waals surface area (Å²) in [4.78, 5) is 15.0. The zero-order chi connectivity index (χ0) is 23.8. The van der Waals surface area contributed by atoms with Crippen LogP contribution in [-0.4, -0.2) is 40.3 Å². The first-order valence-corrected chi connectivity index (χ1v) is 13.6. The zero-order valence-electron chi connectivity index (χ0n) is 18.3. The standard InChI is InChI=1S/C22H26N4O5S2/c1-14-6-11-18(21-20(14)15(2)13-24-21)25-32(28,29)16-7-9-17(10-8-16)33(30,31)26-19-5-3-4-12-23-22(19)27/h6-11,13,19,24-26H,3-5,12H2,1-2H3,(H,23,27). The molecule has 4 rings (SSSR count). The molecule has 3 aromatic rings. The monoisotopic (exact) mass is 490 g/mol. The molecule has 176 valence electrons. The summed E-state index contributed by atoms with van der Waals surface area (Å²) in [5.74, 6) is -0.358. The minimum absolute atomic E-state index is 0.0781. The number of fused-ring (bicyclic) bond motifs is 1. The van der Waals surface area contributed by atoms with E-state index in [1.54, 1.807) is 6.07 Å². The Morgan fingerprint density at radius 2 is 1.55 bits per heavy atom. The Bertz CT molecular complexity index is 1410. The molecule has 2 heterocycles. The lowest BCUT2D eigenvalue weighted by molar-refractivity contribution is -0.122. The number of sulfonamides is 2. The summed E-state index contributed by atoms with van der Waals surface area (Å²) in [5, 5.41) is 3.63. The fraction of sp³-hybridized carbons (Fsp3) is 0.318. The lowest BCUT2D eigenvalue weighted by Crippen LogP contribution is -2.45. The second kappa shape index (κ2) is 8.81. The number of aromatic amines is 1. The molecule has 0 radical (unpaired) electrons. The molecule has 1 atom stereocenters. The summed E-state index contributed by atoms with van der Waals surface area (Å²) in [7, 11) is -7.95. The number of benzene rings is 2. The van der Waals surface area contributed by atoms with E-state index in [1.165, 1.54) is 24.3 Å². The average Bonchev–Trinajstić information content (AvgIpc) is 3.06. The van der Waals surface area contributed by atoms with Gasteiger partial charge in [-0.2, -0.15) is 4.72 Å². The third-order valence-electron chi connectivity index (χ3n) is 5.76. The lowest BCUT2D eigenvalue weighted by Gasteiger charge is -2.16. The first-order valence-electron chi connectivity index (χ1n) is 10.6. The Labute approximate surface area is 193 Å². The summed E-state index contributed by atoms with van der Waals surface area (Å²) in [6.07, 6.45) is 3.74. The lowest BCUT2D eigenvalue weighted by atomic mass is 10.1. The molecule has 1 aliphatic rings. The Morgan fingerprint density at radius 1 is 0.879 bits per heavy atom. The van der Waals surface area contributed by atoms with Gasteiger partial charge in [-0.1, -0.05) is 6.07 Å². The highest BCUT2D eigenvalue weighted by molar-refractivity contribution is 7.92. The third kappa shape index (κ3) is 4.75. The second-order valence-corrected chi connectivity index (χ2v) is 11.6. The van der Waals surface area contributed by atoms with Crippen molar-refractivity contribution in [1.29, 1.82) is 0 Å². The molecular formula is C22H26N4O5S2. The molecule has 1 aliphatic heterocycles. The molecule has 0 aliphatic carbocycles. The number of rotatable bonds is 6. The number of hydrogen-bond donors (Lipinski definition) is 4. The molecule has 1 saturated heterocycles. The number of H-pyrrole nitrogens is 1. The highest BCUT2D eigenvalue weighted by atomic mass is 32.2. The molecule has 2 aromatic carbocycles. The summed E-state index contributed by atoms with van der Waals surface area (Å²) < 4.78 is 56.4. The van der Waals surface area contributed by atoms with Crippen LogP contribution in [0.5, 0.6) is 0 Å². The van der Waals surface area contributed by atoms with Gasteiger partial charge < -0.3 is 10.3 Å². The van der Waals surface area contributed by atoms with Gasteiger partial charge in [0, 0.05) is 18.1 Å². The van der Waals surface area contributed by atoms with Gasteiger partial charge in [0.2, 0.25) is 15.9 Å². The van der Waals surface area contributed by atoms with E-state index < -0.39 is 26.1 Å². The molecule has 1 amide bonds. The van der Waals surface area contributed by atoms with Crippen molar-refractivity contribution in [3.8, 4) is 0 Å². The molecule has 9 nitrogen and oxygen atoms in total. The predicted molar refractivity (Wildman–Crippen MR) is 126 cm³/mol. The molecule has 11 heteroatoms. The van der Waals surface area contributed by atoms with Crippen molar-refractivity contribution < 1.29 is 21.6 Å². The first-order chi connectivity index (χ1) is 15.6. The fourth-order valence-corrected chi connectivity index (χ4v) is 6.31. The van der Waals surface area contributed by atoms with Crippen molar-refractivity contribution in [3.05, 3.63) is 53.7 Å². The number of amides is 1. The smallest absolute Gasteiger partial charge is 0.261 e. The highest BCUT2D eigenvalue weighted by Gasteiger charge is 2.27. The van der Waals surface area contributed by atoms with E-state index in [4.69, 9.17) is 0 Å². The van der Waals surface area contributed by atoms with Crippen LogP contribution in [0.3, 0.4) is 0 Å². The van der Waals surface area contributed by atoms with E-state index in [9.17, 15) is 21.6 Å². The van der Waals surface area contributed by atoms with Gasteiger partial charge in [-0.3, -0.25) is 9.52 Å². The van der Waals surface area contributed by atoms with E-state index in [-0.39, 0.29) is 15.7 Å². The fourth-order valence-electron chi connectivity index (χ4n) is 4.01. The van der Waals surface area contributed by atoms with Crippen LogP contribution in [0, 0.1) is 13.8 Å². The van der Waals surface area contributed by atoms with Gasteiger partial charge in [-0.15, -0.1) is 0 Å². The number of nitrogens with one attached hydrogen (secondary N) is 4.